The number of hydrogen-bond donors (Lipinski definition) is 0. The Hall–Kier alpha value is -3.74. The predicted octanol–water partition coefficient (Wildman–Crippen LogP) is 5.03. The number of nitro benzene ring substituents is 1. The van der Waals surface area contributed by atoms with Crippen LogP contribution in [-0.2, 0) is 4.79 Å². The van der Waals surface area contributed by atoms with E-state index in [1.54, 1.807) is 30.4 Å². The minimum absolute atomic E-state index is 0.0166. The van der Waals surface area contributed by atoms with Crippen LogP contribution >= 0.6 is 0 Å². The van der Waals surface area contributed by atoms with E-state index in [9.17, 15) is 14.9 Å². The average molecular weight is 392 g/mol. The van der Waals surface area contributed by atoms with Crippen LogP contribution in [0.5, 0.6) is 11.5 Å². The van der Waals surface area contributed by atoms with Crippen LogP contribution in [0.25, 0.3) is 23.1 Å². The Kier molecular flexibility index (Phi) is 6.19. The van der Waals surface area contributed by atoms with Gasteiger partial charge in [0.2, 0.25) is 0 Å². The minimum Gasteiger partial charge on any atom is -0.493 e. The van der Waals surface area contributed by atoms with Crippen LogP contribution in [0.15, 0.2) is 48.5 Å². The van der Waals surface area contributed by atoms with Gasteiger partial charge in [-0.05, 0) is 36.8 Å². The van der Waals surface area contributed by atoms with Crippen molar-refractivity contribution in [2.75, 3.05) is 6.61 Å². The smallest absolute Gasteiger partial charge is 0.308 e. The molecule has 0 atom stereocenters. The van der Waals surface area contributed by atoms with Gasteiger partial charge in [0.25, 0.3) is 5.69 Å². The molecule has 3 rings (SSSR count). The van der Waals surface area contributed by atoms with Crippen molar-refractivity contribution in [1.82, 2.24) is 4.98 Å². The lowest BCUT2D eigenvalue weighted by Crippen LogP contribution is -2.02. The highest BCUT2D eigenvalue weighted by atomic mass is 16.6. The predicted molar refractivity (Wildman–Crippen MR) is 111 cm³/mol. The van der Waals surface area contributed by atoms with E-state index in [2.05, 4.69) is 4.98 Å². The molecule has 29 heavy (non-hydrogen) atoms. The highest BCUT2D eigenvalue weighted by Crippen LogP contribution is 2.28. The molecule has 7 nitrogen and oxygen atoms in total. The summed E-state index contributed by atoms with van der Waals surface area (Å²) in [6.07, 6.45) is 4.29. The molecule has 0 spiro atoms. The molecule has 0 unspecified atom stereocenters. The van der Waals surface area contributed by atoms with Crippen molar-refractivity contribution < 1.29 is 19.2 Å². The van der Waals surface area contributed by atoms with Gasteiger partial charge in [-0.1, -0.05) is 25.1 Å². The maximum absolute atomic E-state index is 11.3. The van der Waals surface area contributed by atoms with Crippen molar-refractivity contribution in [2.24, 2.45) is 0 Å². The summed E-state index contributed by atoms with van der Waals surface area (Å²) in [6.45, 7) is 3.84. The first-order chi connectivity index (χ1) is 14.0. The number of carbonyl (C=O) groups excluding carboxylic acids is 1. The fourth-order valence-electron chi connectivity index (χ4n) is 2.76. The normalized spacial score (nSPS) is 11.0. The standard InChI is InChI=1S/C22H20N2O5/c1-3-13-28-20-12-11-19(24(26)27)14-17(20)8-10-18-9-7-16-5-4-6-21(22(16)23-18)29-15(2)25/h4-12,14H,3,13H2,1-2H3. The van der Waals surface area contributed by atoms with E-state index in [1.807, 2.05) is 25.1 Å². The number of nitrogens with zero attached hydrogens (tertiary/aromatic N) is 2. The van der Waals surface area contributed by atoms with E-state index in [-0.39, 0.29) is 5.69 Å². The summed E-state index contributed by atoms with van der Waals surface area (Å²) < 4.78 is 10.9. The number of nitro groups is 1. The maximum Gasteiger partial charge on any atom is 0.308 e. The molecule has 0 bridgehead atoms. The van der Waals surface area contributed by atoms with Crippen molar-refractivity contribution >= 4 is 34.7 Å². The summed E-state index contributed by atoms with van der Waals surface area (Å²) in [5.41, 5.74) is 1.75. The number of ether oxygens (including phenoxy) is 2. The molecule has 1 heterocycles. The number of esters is 1. The van der Waals surface area contributed by atoms with E-state index in [0.717, 1.165) is 11.8 Å². The third-order valence-electron chi connectivity index (χ3n) is 4.06. The molecule has 148 valence electrons. The first-order valence-corrected chi connectivity index (χ1v) is 9.15. The minimum atomic E-state index is -0.444. The molecule has 0 aliphatic heterocycles. The zero-order valence-electron chi connectivity index (χ0n) is 16.1. The van der Waals surface area contributed by atoms with Gasteiger partial charge in [-0.2, -0.15) is 0 Å². The van der Waals surface area contributed by atoms with Crippen LogP contribution in [0.4, 0.5) is 5.69 Å². The van der Waals surface area contributed by atoms with E-state index < -0.39 is 10.9 Å². The third-order valence-corrected chi connectivity index (χ3v) is 4.06. The molecule has 2 aromatic carbocycles. The van der Waals surface area contributed by atoms with Crippen molar-refractivity contribution in [2.45, 2.75) is 20.3 Å². The van der Waals surface area contributed by atoms with Gasteiger partial charge in [-0.25, -0.2) is 4.98 Å². The fraction of sp³-hybridized carbons (Fsp3) is 0.182. The van der Waals surface area contributed by atoms with Crippen LogP contribution in [-0.4, -0.2) is 22.5 Å². The molecule has 0 fully saturated rings. The lowest BCUT2D eigenvalue weighted by atomic mass is 10.1. The summed E-state index contributed by atoms with van der Waals surface area (Å²) >= 11 is 0. The van der Waals surface area contributed by atoms with Crippen LogP contribution in [0.3, 0.4) is 0 Å². The topological polar surface area (TPSA) is 91.6 Å². The Labute approximate surface area is 167 Å². The van der Waals surface area contributed by atoms with Gasteiger partial charge < -0.3 is 9.47 Å². The summed E-state index contributed by atoms with van der Waals surface area (Å²) in [7, 11) is 0. The molecule has 0 N–H and O–H groups in total. The second kappa shape index (κ2) is 8.97. The molecule has 1 aromatic heterocycles. The van der Waals surface area contributed by atoms with Crippen LogP contribution < -0.4 is 9.47 Å². The number of pyridine rings is 1. The SMILES string of the molecule is CCCOc1ccc([N+](=O)[O-])cc1C=Cc1ccc2cccc(OC(C)=O)c2n1. The number of fused-ring (bicyclic) bond motifs is 1. The van der Waals surface area contributed by atoms with Gasteiger partial charge >= 0.3 is 5.97 Å². The van der Waals surface area contributed by atoms with Gasteiger partial charge in [-0.15, -0.1) is 0 Å². The quantitative estimate of drug-likeness (QED) is 0.242. The van der Waals surface area contributed by atoms with Gasteiger partial charge in [0.1, 0.15) is 11.3 Å². The first kappa shape index (κ1) is 20.0. The van der Waals surface area contributed by atoms with Gasteiger partial charge in [-0.3, -0.25) is 14.9 Å². The first-order valence-electron chi connectivity index (χ1n) is 9.15. The summed E-state index contributed by atoms with van der Waals surface area (Å²) in [5.74, 6) is 0.525. The van der Waals surface area contributed by atoms with Crippen molar-refractivity contribution in [1.29, 1.82) is 0 Å². The molecule has 0 aliphatic rings. The third kappa shape index (κ3) is 4.95. The molecule has 0 amide bonds. The molecular formula is C22H20N2O5. The molecule has 0 radical (unpaired) electrons. The highest BCUT2D eigenvalue weighted by molar-refractivity contribution is 5.88. The van der Waals surface area contributed by atoms with Crippen molar-refractivity contribution in [3.63, 3.8) is 0 Å². The van der Waals surface area contributed by atoms with E-state index in [0.29, 0.717) is 34.9 Å². The number of carbonyl (C=O) groups is 1. The summed E-state index contributed by atoms with van der Waals surface area (Å²) in [6, 6.07) is 13.5. The van der Waals surface area contributed by atoms with Crippen LogP contribution in [0.2, 0.25) is 0 Å². The number of para-hydroxylation sites is 1. The van der Waals surface area contributed by atoms with Crippen molar-refractivity contribution in [3.05, 3.63) is 69.9 Å². The summed E-state index contributed by atoms with van der Waals surface area (Å²) in [5, 5.41) is 11.9. The molecular weight excluding hydrogens is 372 g/mol. The Morgan fingerprint density at radius 3 is 2.69 bits per heavy atom. The largest absolute Gasteiger partial charge is 0.493 e. The molecule has 0 aliphatic carbocycles. The maximum atomic E-state index is 11.3. The second-order valence-electron chi connectivity index (χ2n) is 6.32. The Balaban J connectivity index is 1.98. The van der Waals surface area contributed by atoms with E-state index >= 15 is 0 Å². The number of aromatic nitrogens is 1. The van der Waals surface area contributed by atoms with Crippen LogP contribution in [0.1, 0.15) is 31.5 Å². The van der Waals surface area contributed by atoms with E-state index in [4.69, 9.17) is 9.47 Å². The fourth-order valence-corrected chi connectivity index (χ4v) is 2.76. The molecule has 3 aromatic rings. The van der Waals surface area contributed by atoms with E-state index in [1.165, 1.54) is 19.1 Å². The van der Waals surface area contributed by atoms with Gasteiger partial charge in [0.05, 0.1) is 17.2 Å². The number of rotatable bonds is 7. The Morgan fingerprint density at radius 2 is 1.97 bits per heavy atom. The zero-order valence-corrected chi connectivity index (χ0v) is 16.1. The number of hydrogen-bond acceptors (Lipinski definition) is 6. The Morgan fingerprint density at radius 1 is 1.14 bits per heavy atom. The monoisotopic (exact) mass is 392 g/mol. The lowest BCUT2D eigenvalue weighted by molar-refractivity contribution is -0.384. The number of non-ortho nitro benzene ring substituents is 1. The Bertz CT molecular complexity index is 1090. The van der Waals surface area contributed by atoms with Gasteiger partial charge in [0.15, 0.2) is 5.75 Å². The molecule has 0 saturated carbocycles. The summed E-state index contributed by atoms with van der Waals surface area (Å²) in [4.78, 5) is 26.6. The molecule has 0 saturated heterocycles. The lowest BCUT2D eigenvalue weighted by Gasteiger charge is -2.08. The zero-order chi connectivity index (χ0) is 20.8. The van der Waals surface area contributed by atoms with Crippen LogP contribution in [0, 0.1) is 10.1 Å². The number of benzene rings is 2. The average Bonchev–Trinajstić information content (AvgIpc) is 2.70. The molecule has 7 heteroatoms. The van der Waals surface area contributed by atoms with Crippen molar-refractivity contribution in [3.8, 4) is 11.5 Å². The highest BCUT2D eigenvalue weighted by Gasteiger charge is 2.11. The second-order valence-corrected chi connectivity index (χ2v) is 6.32. The van der Waals surface area contributed by atoms with Gasteiger partial charge in [0, 0.05) is 30.0 Å².